The molecule has 3 aromatic rings. The van der Waals surface area contributed by atoms with E-state index in [9.17, 15) is 9.59 Å². The maximum atomic E-state index is 12.6. The number of fused-ring (bicyclic) bond motifs is 2. The Morgan fingerprint density at radius 1 is 1.18 bits per heavy atom. The first kappa shape index (κ1) is 20.9. The van der Waals surface area contributed by atoms with Gasteiger partial charge in [0.25, 0.3) is 0 Å². The van der Waals surface area contributed by atoms with E-state index in [0.29, 0.717) is 31.2 Å². The molecule has 0 saturated carbocycles. The second kappa shape index (κ2) is 9.23. The minimum absolute atomic E-state index is 0.00231. The standard InChI is InChI=1S/C22H25N9O2/c32-20(10-16-12-25-30-29-16)23-7-5-21(33)31-8-6-18-15(13-31)11-24-22(27-18)28-19-9-14-3-1-2-4-17(14)26-19/h1-4,11-12,19,26H,5-10,13H2,(H,23,32)(H,24,27,28)(H,25,29,30). The van der Waals surface area contributed by atoms with Crippen molar-refractivity contribution in [3.8, 4) is 0 Å². The zero-order chi connectivity index (χ0) is 22.6. The molecule has 1 atom stereocenters. The van der Waals surface area contributed by atoms with Crippen LogP contribution in [-0.4, -0.2) is 61.3 Å². The van der Waals surface area contributed by atoms with Crippen LogP contribution in [0.3, 0.4) is 0 Å². The maximum Gasteiger partial charge on any atom is 0.226 e. The van der Waals surface area contributed by atoms with Crippen LogP contribution in [0.25, 0.3) is 0 Å². The van der Waals surface area contributed by atoms with Gasteiger partial charge < -0.3 is 20.9 Å². The summed E-state index contributed by atoms with van der Waals surface area (Å²) in [5.74, 6) is 0.403. The number of amides is 2. The molecule has 2 aliphatic rings. The third kappa shape index (κ3) is 4.92. The molecule has 2 aliphatic heterocycles. The van der Waals surface area contributed by atoms with Gasteiger partial charge in [-0.3, -0.25) is 9.59 Å². The molecule has 0 saturated heterocycles. The normalized spacial score (nSPS) is 16.5. The molecule has 0 radical (unpaired) electrons. The number of carbonyl (C=O) groups excluding carboxylic acids is 2. The van der Waals surface area contributed by atoms with E-state index in [1.807, 2.05) is 12.1 Å². The molecule has 4 heterocycles. The van der Waals surface area contributed by atoms with E-state index in [2.05, 4.69) is 53.5 Å². The average Bonchev–Trinajstić information content (AvgIpc) is 3.47. The van der Waals surface area contributed by atoms with Crippen LogP contribution in [0.4, 0.5) is 11.6 Å². The van der Waals surface area contributed by atoms with Crippen molar-refractivity contribution < 1.29 is 9.59 Å². The number of carbonyl (C=O) groups is 2. The summed E-state index contributed by atoms with van der Waals surface area (Å²) in [5.41, 5.74) is 4.90. The number of hydrogen-bond acceptors (Lipinski definition) is 8. The predicted octanol–water partition coefficient (Wildman–Crippen LogP) is 0.635. The molecule has 1 unspecified atom stereocenters. The van der Waals surface area contributed by atoms with Crippen molar-refractivity contribution in [1.29, 1.82) is 0 Å². The van der Waals surface area contributed by atoms with Crippen LogP contribution in [0.2, 0.25) is 0 Å². The van der Waals surface area contributed by atoms with Gasteiger partial charge in [-0.2, -0.15) is 15.4 Å². The van der Waals surface area contributed by atoms with Gasteiger partial charge in [-0.1, -0.05) is 18.2 Å². The average molecular weight is 448 g/mol. The molecule has 0 spiro atoms. The van der Waals surface area contributed by atoms with E-state index < -0.39 is 0 Å². The molecule has 33 heavy (non-hydrogen) atoms. The topological polar surface area (TPSA) is 141 Å². The summed E-state index contributed by atoms with van der Waals surface area (Å²) in [5, 5.41) is 19.5. The number of anilines is 2. The number of nitrogens with zero attached hydrogens (tertiary/aromatic N) is 5. The zero-order valence-electron chi connectivity index (χ0n) is 18.0. The van der Waals surface area contributed by atoms with Crippen LogP contribution in [0.5, 0.6) is 0 Å². The predicted molar refractivity (Wildman–Crippen MR) is 120 cm³/mol. The molecule has 11 heteroatoms. The lowest BCUT2D eigenvalue weighted by atomic mass is 10.1. The quantitative estimate of drug-likeness (QED) is 0.413. The van der Waals surface area contributed by atoms with Crippen LogP contribution < -0.4 is 16.0 Å². The van der Waals surface area contributed by atoms with Crippen LogP contribution >= 0.6 is 0 Å². The van der Waals surface area contributed by atoms with Crippen molar-refractivity contribution in [3.05, 3.63) is 59.2 Å². The molecule has 2 aromatic heterocycles. The van der Waals surface area contributed by atoms with Crippen LogP contribution in [0.15, 0.2) is 36.7 Å². The number of hydrogen-bond donors (Lipinski definition) is 4. The number of H-pyrrole nitrogens is 1. The Balaban J connectivity index is 1.10. The number of nitrogens with one attached hydrogen (secondary N) is 4. The van der Waals surface area contributed by atoms with Gasteiger partial charge in [0.2, 0.25) is 17.8 Å². The van der Waals surface area contributed by atoms with E-state index in [1.165, 1.54) is 11.8 Å². The molecule has 0 fully saturated rings. The summed E-state index contributed by atoms with van der Waals surface area (Å²) < 4.78 is 0. The lowest BCUT2D eigenvalue weighted by molar-refractivity contribution is -0.132. The number of para-hydroxylation sites is 1. The minimum Gasteiger partial charge on any atom is -0.365 e. The molecule has 0 aliphatic carbocycles. The summed E-state index contributed by atoms with van der Waals surface area (Å²) in [4.78, 5) is 35.4. The van der Waals surface area contributed by atoms with Gasteiger partial charge in [0.1, 0.15) is 6.17 Å². The smallest absolute Gasteiger partial charge is 0.226 e. The van der Waals surface area contributed by atoms with Gasteiger partial charge >= 0.3 is 0 Å². The Bertz CT molecular complexity index is 1120. The van der Waals surface area contributed by atoms with Crippen molar-refractivity contribution in [3.63, 3.8) is 0 Å². The molecule has 2 amide bonds. The highest BCUT2D eigenvalue weighted by atomic mass is 16.2. The van der Waals surface area contributed by atoms with Crippen LogP contribution in [0, 0.1) is 0 Å². The van der Waals surface area contributed by atoms with E-state index >= 15 is 0 Å². The van der Waals surface area contributed by atoms with Crippen molar-refractivity contribution >= 4 is 23.5 Å². The first-order valence-electron chi connectivity index (χ1n) is 11.0. The summed E-state index contributed by atoms with van der Waals surface area (Å²) in [6, 6.07) is 8.24. The lowest BCUT2D eigenvalue weighted by Gasteiger charge is -2.28. The molecule has 1 aromatic carbocycles. The fraction of sp³-hybridized carbons (Fsp3) is 0.364. The van der Waals surface area contributed by atoms with Crippen LogP contribution in [0.1, 0.15) is 28.9 Å². The van der Waals surface area contributed by atoms with Crippen LogP contribution in [-0.2, 0) is 35.4 Å². The van der Waals surface area contributed by atoms with Gasteiger partial charge in [0, 0.05) is 56.3 Å². The third-order valence-corrected chi connectivity index (χ3v) is 5.83. The SMILES string of the molecule is O=C(Cc1cn[nH]n1)NCCC(=O)N1CCc2nc(NC3Cc4ccccc4N3)ncc2C1. The Morgan fingerprint density at radius 3 is 2.94 bits per heavy atom. The molecule has 5 rings (SSSR count). The van der Waals surface area contributed by atoms with E-state index in [4.69, 9.17) is 0 Å². The third-order valence-electron chi connectivity index (χ3n) is 5.83. The number of rotatable bonds is 7. The Labute approximate surface area is 190 Å². The summed E-state index contributed by atoms with van der Waals surface area (Å²) >= 11 is 0. The summed E-state index contributed by atoms with van der Waals surface area (Å²) in [7, 11) is 0. The van der Waals surface area contributed by atoms with Gasteiger partial charge in [-0.15, -0.1) is 0 Å². The molecule has 0 bridgehead atoms. The number of benzene rings is 1. The highest BCUT2D eigenvalue weighted by Gasteiger charge is 2.24. The van der Waals surface area contributed by atoms with Crippen molar-refractivity contribution in [2.24, 2.45) is 0 Å². The van der Waals surface area contributed by atoms with Crippen molar-refractivity contribution in [2.45, 2.75) is 38.4 Å². The second-order valence-corrected chi connectivity index (χ2v) is 8.17. The second-order valence-electron chi connectivity index (χ2n) is 8.17. The number of aromatic nitrogens is 5. The summed E-state index contributed by atoms with van der Waals surface area (Å²) in [6.45, 7) is 1.37. The minimum atomic E-state index is -0.186. The fourth-order valence-corrected chi connectivity index (χ4v) is 4.14. The van der Waals surface area contributed by atoms with Crippen molar-refractivity contribution in [2.75, 3.05) is 23.7 Å². The molecular formula is C22H25N9O2. The van der Waals surface area contributed by atoms with Gasteiger partial charge in [-0.05, 0) is 11.6 Å². The monoisotopic (exact) mass is 447 g/mol. The van der Waals surface area contributed by atoms with E-state index in [0.717, 1.165) is 23.4 Å². The first-order chi connectivity index (χ1) is 16.1. The largest absolute Gasteiger partial charge is 0.365 e. The number of aromatic amines is 1. The van der Waals surface area contributed by atoms with Gasteiger partial charge in [0.05, 0.1) is 24.0 Å². The Kier molecular flexibility index (Phi) is 5.83. The molecule has 11 nitrogen and oxygen atoms in total. The van der Waals surface area contributed by atoms with E-state index in [1.54, 1.807) is 11.1 Å². The Morgan fingerprint density at radius 2 is 2.09 bits per heavy atom. The molecule has 4 N–H and O–H groups in total. The van der Waals surface area contributed by atoms with E-state index in [-0.39, 0.29) is 37.4 Å². The molecular weight excluding hydrogens is 422 g/mol. The van der Waals surface area contributed by atoms with Gasteiger partial charge in [-0.25, -0.2) is 9.97 Å². The van der Waals surface area contributed by atoms with Gasteiger partial charge in [0.15, 0.2) is 0 Å². The zero-order valence-corrected chi connectivity index (χ0v) is 18.0. The lowest BCUT2D eigenvalue weighted by Crippen LogP contribution is -2.38. The fourth-order valence-electron chi connectivity index (χ4n) is 4.14. The van der Waals surface area contributed by atoms with Crippen molar-refractivity contribution in [1.82, 2.24) is 35.6 Å². The highest BCUT2D eigenvalue weighted by molar-refractivity contribution is 5.80. The molecule has 170 valence electrons. The summed E-state index contributed by atoms with van der Waals surface area (Å²) in [6.07, 6.45) is 5.28. The first-order valence-corrected chi connectivity index (χ1v) is 11.0. The maximum absolute atomic E-state index is 12.6. The highest BCUT2D eigenvalue weighted by Crippen LogP contribution is 2.26. The Hall–Kier alpha value is -4.02.